The Hall–Kier alpha value is -3.69. The van der Waals surface area contributed by atoms with Crippen LogP contribution >= 0.6 is 0 Å². The second-order valence-electron chi connectivity index (χ2n) is 8.20. The van der Waals surface area contributed by atoms with Gasteiger partial charge in [0, 0.05) is 30.8 Å². The standard InChI is InChI=1S/C25H25F4N3O3/c1-2-13-30-23(34)21(31-22(33)17-5-9-20(26)10-6-17)16-11-14-32(15-12-16)24(35)18-3-7-19(8-4-18)25(27,28)29/h2-10,16,21H,1,11-15H2,(H,30,34)(H,31,33). The quantitative estimate of drug-likeness (QED) is 0.457. The number of benzene rings is 2. The summed E-state index contributed by atoms with van der Waals surface area (Å²) < 4.78 is 51.5. The van der Waals surface area contributed by atoms with Gasteiger partial charge >= 0.3 is 6.18 Å². The molecule has 10 heteroatoms. The Morgan fingerprint density at radius 3 is 2.11 bits per heavy atom. The van der Waals surface area contributed by atoms with Gasteiger partial charge in [-0.2, -0.15) is 13.2 Å². The Balaban J connectivity index is 1.66. The fourth-order valence-electron chi connectivity index (χ4n) is 3.93. The normalized spacial score (nSPS) is 15.3. The van der Waals surface area contributed by atoms with E-state index in [-0.39, 0.29) is 36.7 Å². The van der Waals surface area contributed by atoms with Gasteiger partial charge in [-0.1, -0.05) is 6.08 Å². The van der Waals surface area contributed by atoms with E-state index in [0.717, 1.165) is 36.4 Å². The van der Waals surface area contributed by atoms with Crippen LogP contribution in [0.1, 0.15) is 39.1 Å². The molecule has 186 valence electrons. The third-order valence-corrected chi connectivity index (χ3v) is 5.85. The number of nitrogens with zero attached hydrogens (tertiary/aromatic N) is 1. The first-order chi connectivity index (χ1) is 16.6. The zero-order valence-corrected chi connectivity index (χ0v) is 18.8. The second-order valence-corrected chi connectivity index (χ2v) is 8.20. The van der Waals surface area contributed by atoms with E-state index in [2.05, 4.69) is 17.2 Å². The first-order valence-corrected chi connectivity index (χ1v) is 11.0. The molecule has 1 aliphatic rings. The number of hydrogen-bond acceptors (Lipinski definition) is 3. The second kappa shape index (κ2) is 11.2. The van der Waals surface area contributed by atoms with Gasteiger partial charge in [-0.15, -0.1) is 6.58 Å². The lowest BCUT2D eigenvalue weighted by Gasteiger charge is -2.36. The summed E-state index contributed by atoms with van der Waals surface area (Å²) in [4.78, 5) is 39.7. The summed E-state index contributed by atoms with van der Waals surface area (Å²) in [6.45, 7) is 4.29. The van der Waals surface area contributed by atoms with Crippen molar-refractivity contribution in [3.63, 3.8) is 0 Å². The van der Waals surface area contributed by atoms with Crippen molar-refractivity contribution in [2.24, 2.45) is 5.92 Å². The number of rotatable bonds is 7. The minimum atomic E-state index is -4.49. The molecule has 2 aromatic carbocycles. The van der Waals surface area contributed by atoms with Crippen LogP contribution in [-0.2, 0) is 11.0 Å². The van der Waals surface area contributed by atoms with Gasteiger partial charge in [-0.05, 0) is 67.3 Å². The van der Waals surface area contributed by atoms with Crippen LogP contribution in [0.2, 0.25) is 0 Å². The molecule has 2 aromatic rings. The molecule has 3 rings (SSSR count). The smallest absolute Gasteiger partial charge is 0.351 e. The molecule has 0 saturated carbocycles. The Labute approximate surface area is 200 Å². The van der Waals surface area contributed by atoms with Crippen LogP contribution in [0.15, 0.2) is 61.2 Å². The fraction of sp³-hybridized carbons (Fsp3) is 0.320. The van der Waals surface area contributed by atoms with E-state index in [4.69, 9.17) is 0 Å². The van der Waals surface area contributed by atoms with E-state index in [1.54, 1.807) is 0 Å². The third-order valence-electron chi connectivity index (χ3n) is 5.85. The van der Waals surface area contributed by atoms with Crippen molar-refractivity contribution in [3.8, 4) is 0 Å². The molecule has 1 saturated heterocycles. The zero-order chi connectivity index (χ0) is 25.6. The molecule has 35 heavy (non-hydrogen) atoms. The van der Waals surface area contributed by atoms with Gasteiger partial charge in [0.1, 0.15) is 11.9 Å². The van der Waals surface area contributed by atoms with Crippen LogP contribution in [0, 0.1) is 11.7 Å². The minimum Gasteiger partial charge on any atom is -0.351 e. The SMILES string of the molecule is C=CCNC(=O)C(NC(=O)c1ccc(F)cc1)C1CCN(C(=O)c2ccc(C(F)(F)F)cc2)CC1. The molecule has 2 N–H and O–H groups in total. The summed E-state index contributed by atoms with van der Waals surface area (Å²) in [6.07, 6.45) is -2.20. The maximum atomic E-state index is 13.2. The molecule has 0 radical (unpaired) electrons. The van der Waals surface area contributed by atoms with Crippen molar-refractivity contribution in [1.29, 1.82) is 0 Å². The van der Waals surface area contributed by atoms with Crippen LogP contribution in [0.4, 0.5) is 17.6 Å². The molecular formula is C25H25F4N3O3. The van der Waals surface area contributed by atoms with E-state index in [1.165, 1.54) is 23.1 Å². The van der Waals surface area contributed by atoms with Crippen LogP contribution in [-0.4, -0.2) is 48.3 Å². The van der Waals surface area contributed by atoms with Crippen LogP contribution in [0.3, 0.4) is 0 Å². The summed E-state index contributed by atoms with van der Waals surface area (Å²) in [6, 6.07) is 8.05. The Morgan fingerprint density at radius 1 is 1.00 bits per heavy atom. The number of nitrogens with one attached hydrogen (secondary N) is 2. The number of alkyl halides is 3. The first kappa shape index (κ1) is 25.9. The highest BCUT2D eigenvalue weighted by molar-refractivity contribution is 5.97. The lowest BCUT2D eigenvalue weighted by atomic mass is 9.88. The van der Waals surface area contributed by atoms with Gasteiger partial charge in [0.05, 0.1) is 5.56 Å². The van der Waals surface area contributed by atoms with Crippen LogP contribution in [0.25, 0.3) is 0 Å². The maximum absolute atomic E-state index is 13.2. The fourth-order valence-corrected chi connectivity index (χ4v) is 3.93. The predicted octanol–water partition coefficient (Wildman–Crippen LogP) is 3.80. The molecule has 1 aliphatic heterocycles. The van der Waals surface area contributed by atoms with Crippen molar-refractivity contribution in [3.05, 3.63) is 83.7 Å². The summed E-state index contributed by atoms with van der Waals surface area (Å²) in [5.41, 5.74) is -0.498. The van der Waals surface area contributed by atoms with Crippen molar-refractivity contribution in [2.45, 2.75) is 25.1 Å². The van der Waals surface area contributed by atoms with E-state index < -0.39 is 41.3 Å². The molecule has 0 aromatic heterocycles. The van der Waals surface area contributed by atoms with Crippen molar-refractivity contribution >= 4 is 17.7 Å². The summed E-state index contributed by atoms with van der Waals surface area (Å²) in [5, 5.41) is 5.38. The van der Waals surface area contributed by atoms with Crippen molar-refractivity contribution < 1.29 is 31.9 Å². The van der Waals surface area contributed by atoms with Gasteiger partial charge in [0.15, 0.2) is 0 Å². The average Bonchev–Trinajstić information content (AvgIpc) is 2.85. The van der Waals surface area contributed by atoms with Crippen molar-refractivity contribution in [1.82, 2.24) is 15.5 Å². The Bertz CT molecular complexity index is 1060. The lowest BCUT2D eigenvalue weighted by Crippen LogP contribution is -2.53. The number of amides is 3. The molecular weight excluding hydrogens is 466 g/mol. The van der Waals surface area contributed by atoms with Gasteiger partial charge in [0.2, 0.25) is 5.91 Å². The maximum Gasteiger partial charge on any atom is 0.416 e. The zero-order valence-electron chi connectivity index (χ0n) is 18.8. The van der Waals surface area contributed by atoms with Crippen LogP contribution in [0.5, 0.6) is 0 Å². The number of likely N-dealkylation sites (tertiary alicyclic amines) is 1. The highest BCUT2D eigenvalue weighted by Crippen LogP contribution is 2.29. The number of carbonyl (C=O) groups excluding carboxylic acids is 3. The number of piperidine rings is 1. The summed E-state index contributed by atoms with van der Waals surface area (Å²) in [7, 11) is 0. The molecule has 1 fully saturated rings. The minimum absolute atomic E-state index is 0.140. The molecule has 0 aliphatic carbocycles. The molecule has 0 spiro atoms. The Kier molecular flexibility index (Phi) is 8.26. The molecule has 1 heterocycles. The van der Waals surface area contributed by atoms with Gasteiger partial charge in [-0.25, -0.2) is 4.39 Å². The largest absolute Gasteiger partial charge is 0.416 e. The molecule has 0 bridgehead atoms. The average molecular weight is 491 g/mol. The highest BCUT2D eigenvalue weighted by Gasteiger charge is 2.34. The molecule has 6 nitrogen and oxygen atoms in total. The first-order valence-electron chi connectivity index (χ1n) is 11.0. The van der Waals surface area contributed by atoms with Crippen molar-refractivity contribution in [2.75, 3.05) is 19.6 Å². The van der Waals surface area contributed by atoms with E-state index in [0.29, 0.717) is 12.8 Å². The number of carbonyl (C=O) groups is 3. The molecule has 3 amide bonds. The summed E-state index contributed by atoms with van der Waals surface area (Å²) >= 11 is 0. The monoisotopic (exact) mass is 491 g/mol. The van der Waals surface area contributed by atoms with Gasteiger partial charge < -0.3 is 15.5 Å². The third kappa shape index (κ3) is 6.68. The molecule has 1 unspecified atom stereocenters. The molecule has 1 atom stereocenters. The predicted molar refractivity (Wildman–Crippen MR) is 121 cm³/mol. The van der Waals surface area contributed by atoms with E-state index in [1.807, 2.05) is 0 Å². The summed E-state index contributed by atoms with van der Waals surface area (Å²) in [5.74, 6) is -2.13. The van der Waals surface area contributed by atoms with E-state index >= 15 is 0 Å². The Morgan fingerprint density at radius 2 is 1.57 bits per heavy atom. The van der Waals surface area contributed by atoms with Gasteiger partial charge in [0.25, 0.3) is 11.8 Å². The van der Waals surface area contributed by atoms with Gasteiger partial charge in [-0.3, -0.25) is 14.4 Å². The lowest BCUT2D eigenvalue weighted by molar-refractivity contribution is -0.137. The highest BCUT2D eigenvalue weighted by atomic mass is 19.4. The van der Waals surface area contributed by atoms with E-state index in [9.17, 15) is 31.9 Å². The van der Waals surface area contributed by atoms with Crippen LogP contribution < -0.4 is 10.6 Å². The topological polar surface area (TPSA) is 78.5 Å². The number of hydrogen-bond donors (Lipinski definition) is 2. The number of halogens is 4.